The van der Waals surface area contributed by atoms with Crippen LogP contribution in [0.5, 0.6) is 0 Å². The number of hydrogen-bond donors (Lipinski definition) is 0. The summed E-state index contributed by atoms with van der Waals surface area (Å²) in [4.78, 5) is 18.1. The van der Waals surface area contributed by atoms with E-state index in [1.165, 1.54) is 5.56 Å². The van der Waals surface area contributed by atoms with E-state index >= 15 is 0 Å². The van der Waals surface area contributed by atoms with Gasteiger partial charge in [0, 0.05) is 19.5 Å². The van der Waals surface area contributed by atoms with Crippen LogP contribution in [0.15, 0.2) is 36.7 Å². The van der Waals surface area contributed by atoms with Crippen LogP contribution < -0.4 is 0 Å². The van der Waals surface area contributed by atoms with E-state index in [1.54, 1.807) is 6.33 Å². The maximum atomic E-state index is 11.9. The van der Waals surface area contributed by atoms with Gasteiger partial charge in [-0.2, -0.15) is 5.10 Å². The summed E-state index contributed by atoms with van der Waals surface area (Å²) in [5.41, 5.74) is 1.28. The van der Waals surface area contributed by atoms with E-state index in [2.05, 4.69) is 22.2 Å². The van der Waals surface area contributed by atoms with E-state index in [-0.39, 0.29) is 11.9 Å². The molecule has 2 aromatic rings. The summed E-state index contributed by atoms with van der Waals surface area (Å²) in [5, 5.41) is 4.32. The third kappa shape index (κ3) is 2.96. The highest BCUT2D eigenvalue weighted by atomic mass is 16.2. The smallest absolute Gasteiger partial charge is 0.223 e. The molecule has 5 heteroatoms. The quantitative estimate of drug-likeness (QED) is 0.846. The van der Waals surface area contributed by atoms with Crippen LogP contribution >= 0.6 is 0 Å². The molecule has 0 unspecified atom stereocenters. The van der Waals surface area contributed by atoms with E-state index in [0.29, 0.717) is 6.42 Å². The van der Waals surface area contributed by atoms with Crippen molar-refractivity contribution in [2.75, 3.05) is 6.54 Å². The van der Waals surface area contributed by atoms with Gasteiger partial charge in [0.15, 0.2) is 0 Å². The second-order valence-electron chi connectivity index (χ2n) is 5.44. The summed E-state index contributed by atoms with van der Waals surface area (Å²) in [6.07, 6.45) is 4.10. The topological polar surface area (TPSA) is 51.0 Å². The van der Waals surface area contributed by atoms with E-state index < -0.39 is 0 Å². The SMILES string of the molecule is C[C@@H](c1ncnn1CCc1ccccc1)N1CCCC1=O. The Morgan fingerprint density at radius 2 is 2.10 bits per heavy atom. The number of rotatable bonds is 5. The van der Waals surface area contributed by atoms with E-state index in [1.807, 2.05) is 34.7 Å². The van der Waals surface area contributed by atoms with Gasteiger partial charge in [0.2, 0.25) is 5.91 Å². The second kappa shape index (κ2) is 6.08. The first-order valence-electron chi connectivity index (χ1n) is 7.47. The number of aromatic nitrogens is 3. The van der Waals surface area contributed by atoms with Crippen LogP contribution in [0.25, 0.3) is 0 Å². The Hall–Kier alpha value is -2.17. The molecule has 1 atom stereocenters. The Labute approximate surface area is 124 Å². The normalized spacial score (nSPS) is 16.4. The van der Waals surface area contributed by atoms with Crippen LogP contribution in [0.3, 0.4) is 0 Å². The molecule has 1 saturated heterocycles. The lowest BCUT2D eigenvalue weighted by atomic mass is 10.1. The maximum Gasteiger partial charge on any atom is 0.223 e. The summed E-state index contributed by atoms with van der Waals surface area (Å²) < 4.78 is 1.92. The van der Waals surface area contributed by atoms with Crippen LogP contribution in [0.1, 0.15) is 37.2 Å². The van der Waals surface area contributed by atoms with Crippen molar-refractivity contribution in [2.24, 2.45) is 0 Å². The first kappa shape index (κ1) is 13.8. The Morgan fingerprint density at radius 1 is 1.29 bits per heavy atom. The zero-order valence-corrected chi connectivity index (χ0v) is 12.3. The molecule has 5 nitrogen and oxygen atoms in total. The molecule has 1 fully saturated rings. The molecule has 0 N–H and O–H groups in total. The fraction of sp³-hybridized carbons (Fsp3) is 0.438. The summed E-state index contributed by atoms with van der Waals surface area (Å²) in [7, 11) is 0. The van der Waals surface area contributed by atoms with Crippen LogP contribution in [-0.4, -0.2) is 32.1 Å². The lowest BCUT2D eigenvalue weighted by Crippen LogP contribution is -2.30. The summed E-state index contributed by atoms with van der Waals surface area (Å²) >= 11 is 0. The van der Waals surface area contributed by atoms with Crippen molar-refractivity contribution in [1.29, 1.82) is 0 Å². The van der Waals surface area contributed by atoms with Gasteiger partial charge >= 0.3 is 0 Å². The third-order valence-corrected chi connectivity index (χ3v) is 4.05. The highest BCUT2D eigenvalue weighted by molar-refractivity contribution is 5.78. The predicted molar refractivity (Wildman–Crippen MR) is 79.5 cm³/mol. The minimum Gasteiger partial charge on any atom is -0.333 e. The van der Waals surface area contributed by atoms with Gasteiger partial charge < -0.3 is 4.90 Å². The van der Waals surface area contributed by atoms with Gasteiger partial charge in [-0.25, -0.2) is 9.67 Å². The molecule has 0 aliphatic carbocycles. The highest BCUT2D eigenvalue weighted by Gasteiger charge is 2.28. The predicted octanol–water partition coefficient (Wildman–Crippen LogP) is 2.20. The van der Waals surface area contributed by atoms with Crippen molar-refractivity contribution in [1.82, 2.24) is 19.7 Å². The lowest BCUT2D eigenvalue weighted by Gasteiger charge is -2.23. The summed E-state index contributed by atoms with van der Waals surface area (Å²) in [6, 6.07) is 10.3. The molecule has 2 heterocycles. The third-order valence-electron chi connectivity index (χ3n) is 4.05. The molecule has 1 amide bonds. The first-order valence-corrected chi connectivity index (χ1v) is 7.47. The Bertz CT molecular complexity index is 608. The van der Waals surface area contributed by atoms with Crippen molar-refractivity contribution >= 4 is 5.91 Å². The minimum atomic E-state index is -0.00160. The largest absolute Gasteiger partial charge is 0.333 e. The second-order valence-corrected chi connectivity index (χ2v) is 5.44. The lowest BCUT2D eigenvalue weighted by molar-refractivity contribution is -0.129. The number of aryl methyl sites for hydroxylation is 2. The number of amides is 1. The zero-order valence-electron chi connectivity index (χ0n) is 12.3. The van der Waals surface area contributed by atoms with E-state index in [0.717, 1.165) is 31.8 Å². The number of hydrogen-bond acceptors (Lipinski definition) is 3. The zero-order chi connectivity index (χ0) is 14.7. The number of likely N-dealkylation sites (tertiary alicyclic amines) is 1. The first-order chi connectivity index (χ1) is 10.3. The van der Waals surface area contributed by atoms with E-state index in [9.17, 15) is 4.79 Å². The number of carbonyl (C=O) groups excluding carboxylic acids is 1. The van der Waals surface area contributed by atoms with Crippen LogP contribution in [0, 0.1) is 0 Å². The van der Waals surface area contributed by atoms with Gasteiger partial charge in [-0.15, -0.1) is 0 Å². The average Bonchev–Trinajstić information content (AvgIpc) is 3.14. The number of nitrogens with zero attached hydrogens (tertiary/aromatic N) is 4. The molecule has 110 valence electrons. The van der Waals surface area contributed by atoms with Crippen molar-refractivity contribution in [2.45, 2.75) is 38.8 Å². The maximum absolute atomic E-state index is 11.9. The van der Waals surface area contributed by atoms with Crippen molar-refractivity contribution in [3.05, 3.63) is 48.0 Å². The molecule has 0 bridgehead atoms. The van der Waals surface area contributed by atoms with E-state index in [4.69, 9.17) is 0 Å². The molecule has 1 aliphatic heterocycles. The fourth-order valence-corrected chi connectivity index (χ4v) is 2.87. The van der Waals surface area contributed by atoms with Crippen LogP contribution in [0.2, 0.25) is 0 Å². The Morgan fingerprint density at radius 3 is 2.81 bits per heavy atom. The molecule has 21 heavy (non-hydrogen) atoms. The van der Waals surface area contributed by atoms with Crippen molar-refractivity contribution < 1.29 is 4.79 Å². The van der Waals surface area contributed by atoms with Gasteiger partial charge in [-0.3, -0.25) is 4.79 Å². The average molecular weight is 284 g/mol. The van der Waals surface area contributed by atoms with Gasteiger partial charge in [0.25, 0.3) is 0 Å². The molecular formula is C16H20N4O. The fourth-order valence-electron chi connectivity index (χ4n) is 2.87. The Kier molecular flexibility index (Phi) is 3.99. The molecule has 0 spiro atoms. The molecule has 0 saturated carbocycles. The Balaban J connectivity index is 1.70. The van der Waals surface area contributed by atoms with Gasteiger partial charge in [-0.05, 0) is 25.3 Å². The summed E-state index contributed by atoms with van der Waals surface area (Å²) in [5.74, 6) is 1.10. The monoisotopic (exact) mass is 284 g/mol. The molecule has 1 aliphatic rings. The van der Waals surface area contributed by atoms with Crippen LogP contribution in [-0.2, 0) is 17.8 Å². The van der Waals surface area contributed by atoms with Crippen molar-refractivity contribution in [3.8, 4) is 0 Å². The van der Waals surface area contributed by atoms with Crippen molar-refractivity contribution in [3.63, 3.8) is 0 Å². The molecule has 1 aromatic heterocycles. The van der Waals surface area contributed by atoms with Gasteiger partial charge in [0.1, 0.15) is 12.2 Å². The molecular weight excluding hydrogens is 264 g/mol. The summed E-state index contributed by atoms with van der Waals surface area (Å²) in [6.45, 7) is 3.64. The van der Waals surface area contributed by atoms with Crippen LogP contribution in [0.4, 0.5) is 0 Å². The molecule has 0 radical (unpaired) electrons. The molecule has 1 aromatic carbocycles. The highest BCUT2D eigenvalue weighted by Crippen LogP contribution is 2.23. The molecule has 3 rings (SSSR count). The number of benzene rings is 1. The van der Waals surface area contributed by atoms with Gasteiger partial charge in [-0.1, -0.05) is 30.3 Å². The standard InChI is InChI=1S/C16H20N4O/c1-13(19-10-5-8-15(19)21)16-17-12-18-20(16)11-9-14-6-3-2-4-7-14/h2-4,6-7,12-13H,5,8-11H2,1H3/t13-/m0/s1. The number of carbonyl (C=O) groups is 1. The minimum absolute atomic E-state index is 0.00160. The van der Waals surface area contributed by atoms with Gasteiger partial charge in [0.05, 0.1) is 6.04 Å².